The lowest BCUT2D eigenvalue weighted by Crippen LogP contribution is -2.50. The van der Waals surface area contributed by atoms with Crippen molar-refractivity contribution < 1.29 is 18.1 Å². The summed E-state index contributed by atoms with van der Waals surface area (Å²) in [5.41, 5.74) is 4.17. The van der Waals surface area contributed by atoms with Gasteiger partial charge in [0.05, 0.1) is 0 Å². The lowest BCUT2D eigenvalue weighted by Gasteiger charge is -2.34. The molecule has 36 heavy (non-hydrogen) atoms. The van der Waals surface area contributed by atoms with Crippen molar-refractivity contribution in [3.05, 3.63) is 61.2 Å². The van der Waals surface area contributed by atoms with Crippen molar-refractivity contribution in [3.8, 4) is 11.1 Å². The van der Waals surface area contributed by atoms with Gasteiger partial charge < -0.3 is 23.9 Å². The maximum Gasteiger partial charge on any atom is 0.504 e. The Morgan fingerprint density at radius 2 is 1.50 bits per heavy atom. The van der Waals surface area contributed by atoms with Crippen molar-refractivity contribution >= 4 is 38.5 Å². The van der Waals surface area contributed by atoms with Crippen molar-refractivity contribution in [2.75, 3.05) is 37.0 Å². The summed E-state index contributed by atoms with van der Waals surface area (Å²) in [7, 11) is -2.78. The second kappa shape index (κ2) is 17.3. The number of rotatable bonds is 17. The van der Waals surface area contributed by atoms with Crippen LogP contribution in [0.25, 0.3) is 11.1 Å². The molecule has 2 aromatic rings. The summed E-state index contributed by atoms with van der Waals surface area (Å²) in [6.45, 7) is 14.8. The SMILES string of the molecule is C=CC(=O)Nc1ccc(-c2ccccc2NCCC(C)[Si](OCCC)(OCCC)OCCC)cc1.Cl. The van der Waals surface area contributed by atoms with E-state index in [0.717, 1.165) is 54.7 Å². The Balaban J connectivity index is 0.00000648. The predicted octanol–water partition coefficient (Wildman–Crippen LogP) is 7.31. The van der Waals surface area contributed by atoms with E-state index in [1.54, 1.807) is 0 Å². The van der Waals surface area contributed by atoms with Crippen molar-refractivity contribution in [2.24, 2.45) is 0 Å². The Hall–Kier alpha value is -2.16. The summed E-state index contributed by atoms with van der Waals surface area (Å²) < 4.78 is 19.0. The van der Waals surface area contributed by atoms with Crippen molar-refractivity contribution in [2.45, 2.75) is 58.9 Å². The maximum atomic E-state index is 11.5. The molecule has 0 heterocycles. The van der Waals surface area contributed by atoms with Crippen LogP contribution in [-0.2, 0) is 18.1 Å². The van der Waals surface area contributed by atoms with E-state index in [0.29, 0.717) is 19.8 Å². The zero-order valence-corrected chi connectivity index (χ0v) is 24.0. The second-order valence-corrected chi connectivity index (χ2v) is 11.6. The average molecular weight is 535 g/mol. The van der Waals surface area contributed by atoms with Gasteiger partial charge in [0.15, 0.2) is 0 Å². The van der Waals surface area contributed by atoms with Gasteiger partial charge in [-0.15, -0.1) is 12.4 Å². The van der Waals surface area contributed by atoms with Crippen LogP contribution in [0, 0.1) is 0 Å². The fourth-order valence-corrected chi connectivity index (χ4v) is 6.77. The van der Waals surface area contributed by atoms with Gasteiger partial charge in [0, 0.05) is 48.8 Å². The van der Waals surface area contributed by atoms with Gasteiger partial charge in [-0.05, 0) is 55.5 Å². The first kappa shape index (κ1) is 31.9. The number of nitrogens with one attached hydrogen (secondary N) is 2. The number of anilines is 2. The van der Waals surface area contributed by atoms with Crippen LogP contribution in [0.15, 0.2) is 61.2 Å². The van der Waals surface area contributed by atoms with Crippen LogP contribution in [0.3, 0.4) is 0 Å². The largest absolute Gasteiger partial charge is 0.504 e. The van der Waals surface area contributed by atoms with E-state index in [9.17, 15) is 4.79 Å². The molecule has 2 rings (SSSR count). The van der Waals surface area contributed by atoms with E-state index >= 15 is 0 Å². The first-order chi connectivity index (χ1) is 17.0. The molecule has 0 aliphatic carbocycles. The van der Waals surface area contributed by atoms with Gasteiger partial charge in [-0.3, -0.25) is 4.79 Å². The van der Waals surface area contributed by atoms with E-state index < -0.39 is 8.80 Å². The number of hydrogen-bond donors (Lipinski definition) is 2. The predicted molar refractivity (Wildman–Crippen MR) is 155 cm³/mol. The van der Waals surface area contributed by atoms with Gasteiger partial charge in [-0.25, -0.2) is 0 Å². The number of halogens is 1. The summed E-state index contributed by atoms with van der Waals surface area (Å²) in [5.74, 6) is -0.220. The summed E-state index contributed by atoms with van der Waals surface area (Å²) in [6, 6.07) is 16.1. The second-order valence-electron chi connectivity index (χ2n) is 8.58. The normalized spacial score (nSPS) is 11.9. The number of benzene rings is 2. The monoisotopic (exact) mass is 534 g/mol. The van der Waals surface area contributed by atoms with Gasteiger partial charge in [-0.2, -0.15) is 0 Å². The van der Waals surface area contributed by atoms with Gasteiger partial charge in [-0.1, -0.05) is 64.6 Å². The molecule has 0 fully saturated rings. The van der Waals surface area contributed by atoms with Crippen LogP contribution in [0.2, 0.25) is 5.54 Å². The molecule has 0 bridgehead atoms. The molecule has 0 radical (unpaired) electrons. The highest BCUT2D eigenvalue weighted by atomic mass is 35.5. The molecule has 6 nitrogen and oxygen atoms in total. The van der Waals surface area contributed by atoms with Crippen LogP contribution in [0.1, 0.15) is 53.4 Å². The zero-order chi connectivity index (χ0) is 25.5. The number of para-hydroxylation sites is 1. The molecular weight excluding hydrogens is 492 g/mol. The minimum absolute atomic E-state index is 0. The molecule has 0 spiro atoms. The van der Waals surface area contributed by atoms with Crippen molar-refractivity contribution in [3.63, 3.8) is 0 Å². The smallest absolute Gasteiger partial charge is 0.385 e. The van der Waals surface area contributed by atoms with Gasteiger partial charge in [0.1, 0.15) is 0 Å². The molecule has 0 aliphatic heterocycles. The Morgan fingerprint density at radius 3 is 2.03 bits per heavy atom. The molecule has 1 atom stereocenters. The van der Waals surface area contributed by atoms with E-state index in [1.165, 1.54) is 6.08 Å². The van der Waals surface area contributed by atoms with E-state index in [2.05, 4.69) is 57.0 Å². The number of carbonyl (C=O) groups excluding carboxylic acids is 1. The number of carbonyl (C=O) groups is 1. The van der Waals surface area contributed by atoms with E-state index in [-0.39, 0.29) is 23.9 Å². The summed E-state index contributed by atoms with van der Waals surface area (Å²) in [4.78, 5) is 11.5. The van der Waals surface area contributed by atoms with E-state index in [1.807, 2.05) is 36.4 Å². The number of hydrogen-bond acceptors (Lipinski definition) is 5. The first-order valence-electron chi connectivity index (χ1n) is 12.8. The molecule has 0 saturated carbocycles. The molecular formula is C28H43ClN2O4Si. The average Bonchev–Trinajstić information content (AvgIpc) is 2.89. The van der Waals surface area contributed by atoms with Crippen LogP contribution in [-0.4, -0.2) is 41.1 Å². The Labute approximate surface area is 224 Å². The molecule has 8 heteroatoms. The van der Waals surface area contributed by atoms with Crippen LogP contribution in [0.5, 0.6) is 0 Å². The van der Waals surface area contributed by atoms with Crippen LogP contribution in [0.4, 0.5) is 11.4 Å². The van der Waals surface area contributed by atoms with Crippen LogP contribution < -0.4 is 10.6 Å². The highest BCUT2D eigenvalue weighted by molar-refractivity contribution is 6.62. The molecule has 2 aromatic carbocycles. The third kappa shape index (κ3) is 9.71. The molecule has 2 N–H and O–H groups in total. The molecule has 0 saturated heterocycles. The topological polar surface area (TPSA) is 68.8 Å². The molecule has 1 unspecified atom stereocenters. The van der Waals surface area contributed by atoms with Crippen LogP contribution >= 0.6 is 12.4 Å². The van der Waals surface area contributed by atoms with Crippen molar-refractivity contribution in [1.29, 1.82) is 0 Å². The minimum atomic E-state index is -2.78. The minimum Gasteiger partial charge on any atom is -0.385 e. The lowest BCUT2D eigenvalue weighted by molar-refractivity contribution is -0.111. The highest BCUT2D eigenvalue weighted by Gasteiger charge is 2.46. The Bertz CT molecular complexity index is 889. The summed E-state index contributed by atoms with van der Waals surface area (Å²) in [6.07, 6.45) is 4.96. The quantitative estimate of drug-likeness (QED) is 0.164. The standard InChI is InChI=1S/C28H42N2O4Si.ClH/c1-6-20-32-35(33-21-7-2,34-22-8-3)23(5)18-19-29-27-13-11-10-12-26(27)24-14-16-25(17-15-24)30-28(31)9-4;/h9-17,23,29H,4,6-8,18-22H2,1-3,5H3,(H,30,31);1H. The number of amides is 1. The van der Waals surface area contributed by atoms with Gasteiger partial charge in [0.2, 0.25) is 5.91 Å². The molecule has 0 aliphatic rings. The summed E-state index contributed by atoms with van der Waals surface area (Å²) in [5, 5.41) is 6.40. The fraction of sp³-hybridized carbons (Fsp3) is 0.464. The third-order valence-corrected chi connectivity index (χ3v) is 8.91. The molecule has 200 valence electrons. The fourth-order valence-electron chi connectivity index (χ4n) is 3.70. The first-order valence-corrected chi connectivity index (χ1v) is 14.6. The molecule has 0 aromatic heterocycles. The van der Waals surface area contributed by atoms with Crippen molar-refractivity contribution in [1.82, 2.24) is 0 Å². The third-order valence-electron chi connectivity index (χ3n) is 5.59. The Morgan fingerprint density at radius 1 is 0.944 bits per heavy atom. The van der Waals surface area contributed by atoms with E-state index in [4.69, 9.17) is 13.3 Å². The zero-order valence-electron chi connectivity index (χ0n) is 22.2. The lowest BCUT2D eigenvalue weighted by atomic mass is 10.0. The van der Waals surface area contributed by atoms with Gasteiger partial charge in [0.25, 0.3) is 0 Å². The molecule has 1 amide bonds. The highest BCUT2D eigenvalue weighted by Crippen LogP contribution is 2.32. The maximum absolute atomic E-state index is 11.5. The van der Waals surface area contributed by atoms with Gasteiger partial charge >= 0.3 is 8.80 Å². The summed E-state index contributed by atoms with van der Waals surface area (Å²) >= 11 is 0. The Kier molecular flexibility index (Phi) is 15.3.